The Kier molecular flexibility index (Phi) is 6.54. The lowest BCUT2D eigenvalue weighted by atomic mass is 10.2. The van der Waals surface area contributed by atoms with E-state index in [4.69, 9.17) is 0 Å². The minimum atomic E-state index is -1.78. The van der Waals surface area contributed by atoms with Gasteiger partial charge in [-0.2, -0.15) is 8.78 Å². The van der Waals surface area contributed by atoms with Crippen molar-refractivity contribution in [1.82, 2.24) is 4.98 Å². The van der Waals surface area contributed by atoms with Gasteiger partial charge in [0, 0.05) is 11.3 Å². The van der Waals surface area contributed by atoms with Gasteiger partial charge in [-0.3, -0.25) is 4.21 Å². The van der Waals surface area contributed by atoms with E-state index >= 15 is 0 Å². The van der Waals surface area contributed by atoms with Gasteiger partial charge in [0.25, 0.3) is 6.08 Å². The minimum Gasteiger partial charge on any atom is -0.624 e. The van der Waals surface area contributed by atoms with Crippen LogP contribution in [-0.4, -0.2) is 25.9 Å². The largest absolute Gasteiger partial charge is 0.624 e. The molecule has 2 aromatic rings. The lowest BCUT2D eigenvalue weighted by Crippen LogP contribution is -2.04. The molecule has 1 aromatic heterocycles. The monoisotopic (exact) mass is 356 g/mol. The van der Waals surface area contributed by atoms with Gasteiger partial charge in [-0.1, -0.05) is 41.7 Å². The van der Waals surface area contributed by atoms with Gasteiger partial charge in [-0.05, 0) is 12.5 Å². The normalized spacial score (nSPS) is 12.9. The second-order valence-electron chi connectivity index (χ2n) is 4.55. The molecule has 23 heavy (non-hydrogen) atoms. The fourth-order valence-electron chi connectivity index (χ4n) is 1.75. The predicted molar refractivity (Wildman–Crippen MR) is 87.2 cm³/mol. The van der Waals surface area contributed by atoms with Gasteiger partial charge in [0.05, 0.1) is 17.0 Å². The van der Waals surface area contributed by atoms with E-state index in [0.29, 0.717) is 9.22 Å². The van der Waals surface area contributed by atoms with Gasteiger partial charge in [0.15, 0.2) is 17.1 Å². The molecule has 0 saturated carbocycles. The van der Waals surface area contributed by atoms with Crippen molar-refractivity contribution < 1.29 is 17.7 Å². The Labute approximate surface area is 138 Å². The zero-order chi connectivity index (χ0) is 16.7. The van der Waals surface area contributed by atoms with Crippen molar-refractivity contribution in [2.24, 2.45) is 0 Å². The standard InChI is InChI=1S/C15H14F2N2O2S2/c16-14(17)7-4-8-23(21)15-18-9-13(22-15)11-19(20)10-12-5-2-1-3-6-12/h1-3,5-7,9,11H,4,8,10H2/b19-11-. The number of aromatic nitrogens is 1. The summed E-state index contributed by atoms with van der Waals surface area (Å²) in [6, 6.07) is 9.28. The molecule has 2 rings (SSSR count). The molecule has 0 spiro atoms. The molecule has 0 N–H and O–H groups in total. The van der Waals surface area contributed by atoms with Crippen LogP contribution in [0, 0.1) is 5.21 Å². The van der Waals surface area contributed by atoms with E-state index in [1.165, 1.54) is 12.4 Å². The highest BCUT2D eigenvalue weighted by Crippen LogP contribution is 2.16. The topological polar surface area (TPSA) is 56.0 Å². The number of rotatable bonds is 7. The van der Waals surface area contributed by atoms with E-state index < -0.39 is 16.9 Å². The van der Waals surface area contributed by atoms with Gasteiger partial charge >= 0.3 is 0 Å². The first kappa shape index (κ1) is 17.4. The highest BCUT2D eigenvalue weighted by molar-refractivity contribution is 7.87. The summed E-state index contributed by atoms with van der Waals surface area (Å²) in [5, 5.41) is 11.9. The SMILES string of the molecule is O=S(CCC=C(F)F)c1ncc(/C=[N+](\[O-])Cc2ccccc2)s1. The third-order valence-corrected chi connectivity index (χ3v) is 5.39. The van der Waals surface area contributed by atoms with Gasteiger partial charge < -0.3 is 5.21 Å². The Morgan fingerprint density at radius 1 is 1.35 bits per heavy atom. The molecule has 0 aliphatic rings. The highest BCUT2D eigenvalue weighted by Gasteiger charge is 2.10. The first-order valence-corrected chi connectivity index (χ1v) is 8.86. The van der Waals surface area contributed by atoms with Crippen LogP contribution in [0.15, 0.2) is 53.0 Å². The third-order valence-electron chi connectivity index (χ3n) is 2.75. The van der Waals surface area contributed by atoms with Gasteiger partial charge in [0.1, 0.15) is 4.88 Å². The number of halogens is 2. The molecule has 0 amide bonds. The molecule has 1 unspecified atom stereocenters. The van der Waals surface area contributed by atoms with Crippen molar-refractivity contribution in [3.8, 4) is 0 Å². The molecular weight excluding hydrogens is 342 g/mol. The van der Waals surface area contributed by atoms with Crippen LogP contribution >= 0.6 is 11.3 Å². The Balaban J connectivity index is 1.97. The molecule has 0 aliphatic heterocycles. The molecular formula is C15H14F2N2O2S2. The third kappa shape index (κ3) is 5.99. The van der Waals surface area contributed by atoms with Gasteiger partial charge in [-0.25, -0.2) is 9.72 Å². The maximum Gasteiger partial charge on any atom is 0.266 e. The Bertz CT molecular complexity index is 726. The number of nitrogens with zero attached hydrogens (tertiary/aromatic N) is 2. The second-order valence-corrected chi connectivity index (χ2v) is 7.36. The fourth-order valence-corrected chi connectivity index (χ4v) is 3.92. The summed E-state index contributed by atoms with van der Waals surface area (Å²) < 4.78 is 36.8. The fraction of sp³-hybridized carbons (Fsp3) is 0.200. The van der Waals surface area contributed by atoms with Crippen molar-refractivity contribution in [2.75, 3.05) is 5.75 Å². The van der Waals surface area contributed by atoms with Crippen molar-refractivity contribution >= 4 is 28.4 Å². The van der Waals surface area contributed by atoms with E-state index in [0.717, 1.165) is 27.7 Å². The Hall–Kier alpha value is -1.93. The van der Waals surface area contributed by atoms with Crippen molar-refractivity contribution in [3.63, 3.8) is 0 Å². The minimum absolute atomic E-state index is 0.0231. The summed E-state index contributed by atoms with van der Waals surface area (Å²) in [6.07, 6.45) is 1.82. The van der Waals surface area contributed by atoms with E-state index in [1.807, 2.05) is 30.3 Å². The molecule has 1 aromatic carbocycles. The van der Waals surface area contributed by atoms with Crippen molar-refractivity contribution in [3.05, 3.63) is 64.3 Å². The molecule has 122 valence electrons. The number of hydrogen-bond acceptors (Lipinski definition) is 4. The summed E-state index contributed by atoms with van der Waals surface area (Å²) in [5.41, 5.74) is 0.882. The Morgan fingerprint density at radius 2 is 2.09 bits per heavy atom. The maximum atomic E-state index is 11.9. The molecule has 0 fully saturated rings. The average molecular weight is 356 g/mol. The number of benzene rings is 1. The summed E-state index contributed by atoms with van der Waals surface area (Å²) in [5.74, 6) is 0.0788. The molecule has 1 heterocycles. The zero-order valence-electron chi connectivity index (χ0n) is 12.0. The van der Waals surface area contributed by atoms with Crippen molar-refractivity contribution in [2.45, 2.75) is 17.3 Å². The zero-order valence-corrected chi connectivity index (χ0v) is 13.7. The molecule has 1 atom stereocenters. The van der Waals surface area contributed by atoms with Crippen LogP contribution in [0.2, 0.25) is 0 Å². The predicted octanol–water partition coefficient (Wildman–Crippen LogP) is 3.55. The van der Waals surface area contributed by atoms with Gasteiger partial charge in [0.2, 0.25) is 0 Å². The number of hydrogen-bond donors (Lipinski definition) is 0. The average Bonchev–Trinajstić information content (AvgIpc) is 2.96. The first-order chi connectivity index (χ1) is 11.0. The molecule has 0 bridgehead atoms. The summed E-state index contributed by atoms with van der Waals surface area (Å²) in [4.78, 5) is 4.56. The van der Waals surface area contributed by atoms with Crippen LogP contribution in [0.1, 0.15) is 16.9 Å². The quantitative estimate of drug-likeness (QED) is 0.330. The van der Waals surface area contributed by atoms with Crippen LogP contribution in [0.3, 0.4) is 0 Å². The van der Waals surface area contributed by atoms with E-state index in [-0.39, 0.29) is 18.7 Å². The molecule has 0 radical (unpaired) electrons. The van der Waals surface area contributed by atoms with E-state index in [2.05, 4.69) is 4.98 Å². The van der Waals surface area contributed by atoms with Crippen LogP contribution in [0.25, 0.3) is 0 Å². The van der Waals surface area contributed by atoms with E-state index in [9.17, 15) is 18.2 Å². The first-order valence-electron chi connectivity index (χ1n) is 6.72. The summed E-state index contributed by atoms with van der Waals surface area (Å²) >= 11 is 1.12. The maximum absolute atomic E-state index is 11.9. The van der Waals surface area contributed by atoms with Crippen molar-refractivity contribution in [1.29, 1.82) is 0 Å². The van der Waals surface area contributed by atoms with Gasteiger partial charge in [-0.15, -0.1) is 0 Å². The number of allylic oxidation sites excluding steroid dienone is 1. The second kappa shape index (κ2) is 8.64. The number of hydroxylamine groups is 1. The molecule has 0 saturated heterocycles. The lowest BCUT2D eigenvalue weighted by molar-refractivity contribution is -0.469. The molecule has 8 heteroatoms. The van der Waals surface area contributed by atoms with Crippen LogP contribution in [0.4, 0.5) is 8.78 Å². The molecule has 0 aliphatic carbocycles. The highest BCUT2D eigenvalue weighted by atomic mass is 32.2. The summed E-state index contributed by atoms with van der Waals surface area (Å²) in [6.45, 7) is 0.206. The van der Waals surface area contributed by atoms with Crippen LogP contribution in [0.5, 0.6) is 0 Å². The lowest BCUT2D eigenvalue weighted by Gasteiger charge is -2.02. The molecule has 4 nitrogen and oxygen atoms in total. The summed E-state index contributed by atoms with van der Waals surface area (Å²) in [7, 11) is -1.44. The number of thiazole rings is 1. The van der Waals surface area contributed by atoms with E-state index in [1.54, 1.807) is 0 Å². The van der Waals surface area contributed by atoms with Crippen LogP contribution < -0.4 is 0 Å². The van der Waals surface area contributed by atoms with Crippen LogP contribution in [-0.2, 0) is 17.3 Å². The smallest absolute Gasteiger partial charge is 0.266 e. The Morgan fingerprint density at radius 3 is 2.78 bits per heavy atom.